The monoisotopic (exact) mass is 320 g/mol. The number of phenols is 1. The summed E-state index contributed by atoms with van der Waals surface area (Å²) < 4.78 is 0. The van der Waals surface area contributed by atoms with Gasteiger partial charge in [0.1, 0.15) is 11.6 Å². The van der Waals surface area contributed by atoms with Crippen LogP contribution in [-0.4, -0.2) is 34.2 Å². The second-order valence-electron chi connectivity index (χ2n) is 5.11. The number of aromatic hydroxyl groups is 1. The average molecular weight is 321 g/mol. The molecule has 0 aliphatic rings. The first kappa shape index (κ1) is 16.5. The summed E-state index contributed by atoms with van der Waals surface area (Å²) in [5.74, 6) is 1.34. The van der Waals surface area contributed by atoms with Crippen LogP contribution < -0.4 is 10.6 Å². The fourth-order valence-corrected chi connectivity index (χ4v) is 2.31. The molecule has 1 aromatic carbocycles. The van der Waals surface area contributed by atoms with Crippen LogP contribution in [0.1, 0.15) is 20.3 Å². The van der Waals surface area contributed by atoms with Crippen LogP contribution in [0.3, 0.4) is 0 Å². The minimum absolute atomic E-state index is 0.0953. The maximum Gasteiger partial charge on any atom is 0.165 e. The van der Waals surface area contributed by atoms with Gasteiger partial charge in [0.25, 0.3) is 0 Å². The molecule has 0 saturated heterocycles. The van der Waals surface area contributed by atoms with E-state index in [0.717, 1.165) is 25.3 Å². The molecule has 1 heterocycles. The molecule has 118 valence electrons. The Hall–Kier alpha value is -1.85. The molecule has 6 heteroatoms. The van der Waals surface area contributed by atoms with E-state index in [1.807, 2.05) is 6.07 Å². The molecule has 2 aromatic rings. The number of aromatic nitrogens is 2. The van der Waals surface area contributed by atoms with Crippen LogP contribution in [0.2, 0.25) is 5.02 Å². The molecule has 3 N–H and O–H groups in total. The summed E-state index contributed by atoms with van der Waals surface area (Å²) in [6, 6.07) is 6.76. The average Bonchev–Trinajstić information content (AvgIpc) is 2.54. The Labute approximate surface area is 135 Å². The molecule has 0 fully saturated rings. The topological polar surface area (TPSA) is 75.3 Å². The first-order chi connectivity index (χ1) is 10.5. The van der Waals surface area contributed by atoms with E-state index in [1.54, 1.807) is 18.3 Å². The number of nitrogens with zero attached hydrogens (tertiary/aromatic N) is 3. The molecule has 0 aliphatic carbocycles. The Morgan fingerprint density at radius 2 is 2.09 bits per heavy atom. The van der Waals surface area contributed by atoms with E-state index < -0.39 is 0 Å². The molecule has 22 heavy (non-hydrogen) atoms. The fourth-order valence-electron chi connectivity index (χ4n) is 2.14. The van der Waals surface area contributed by atoms with Gasteiger partial charge >= 0.3 is 0 Å². The lowest BCUT2D eigenvalue weighted by Gasteiger charge is -2.25. The summed E-state index contributed by atoms with van der Waals surface area (Å²) in [7, 11) is 0. The third kappa shape index (κ3) is 3.87. The van der Waals surface area contributed by atoms with Gasteiger partial charge in [-0.2, -0.15) is 0 Å². The first-order valence-corrected chi connectivity index (χ1v) is 7.75. The van der Waals surface area contributed by atoms with E-state index >= 15 is 0 Å². The van der Waals surface area contributed by atoms with Gasteiger partial charge in [-0.3, -0.25) is 0 Å². The lowest BCUT2D eigenvalue weighted by molar-refractivity contribution is 0.477. The molecule has 0 radical (unpaired) electrons. The Morgan fingerprint density at radius 3 is 2.77 bits per heavy atom. The minimum Gasteiger partial charge on any atom is -0.507 e. The van der Waals surface area contributed by atoms with E-state index in [9.17, 15) is 5.11 Å². The number of benzene rings is 1. The van der Waals surface area contributed by atoms with Gasteiger partial charge in [0, 0.05) is 30.4 Å². The maximum atomic E-state index is 9.99. The lowest BCUT2D eigenvalue weighted by atomic mass is 10.2. The van der Waals surface area contributed by atoms with Gasteiger partial charge in [0.2, 0.25) is 0 Å². The zero-order chi connectivity index (χ0) is 16.1. The highest BCUT2D eigenvalue weighted by Gasteiger charge is 2.13. The van der Waals surface area contributed by atoms with Gasteiger partial charge in [0.15, 0.2) is 5.82 Å². The summed E-state index contributed by atoms with van der Waals surface area (Å²) in [6.07, 6.45) is 2.58. The predicted octanol–water partition coefficient (Wildman–Crippen LogP) is 3.07. The van der Waals surface area contributed by atoms with Crippen LogP contribution in [0.4, 0.5) is 5.82 Å². The van der Waals surface area contributed by atoms with E-state index in [-0.39, 0.29) is 11.8 Å². The largest absolute Gasteiger partial charge is 0.507 e. The third-order valence-electron chi connectivity index (χ3n) is 3.53. The van der Waals surface area contributed by atoms with Crippen LogP contribution in [0, 0.1) is 0 Å². The van der Waals surface area contributed by atoms with Crippen molar-refractivity contribution in [3.8, 4) is 17.1 Å². The van der Waals surface area contributed by atoms with Gasteiger partial charge in [-0.25, -0.2) is 9.97 Å². The number of phenolic OH excluding ortho intramolecular Hbond substituents is 1. The molecule has 0 bridgehead atoms. The second kappa shape index (κ2) is 7.42. The highest BCUT2D eigenvalue weighted by Crippen LogP contribution is 2.30. The van der Waals surface area contributed by atoms with Crippen molar-refractivity contribution in [1.82, 2.24) is 9.97 Å². The number of hydrogen-bond donors (Lipinski definition) is 2. The standard InChI is InChI=1S/C16H21ClN4O/c1-3-12(18)10-21(4-2)15-7-8-19-16(20-15)13-9-11(17)5-6-14(13)22/h5-9,12,22H,3-4,10,18H2,1-2H3/t12-/m1/s1. The van der Waals surface area contributed by atoms with E-state index in [2.05, 4.69) is 28.7 Å². The van der Waals surface area contributed by atoms with Crippen molar-refractivity contribution in [2.75, 3.05) is 18.0 Å². The fraction of sp³-hybridized carbons (Fsp3) is 0.375. The normalized spacial score (nSPS) is 12.2. The molecule has 1 atom stereocenters. The van der Waals surface area contributed by atoms with Gasteiger partial charge < -0.3 is 15.7 Å². The zero-order valence-corrected chi connectivity index (χ0v) is 13.6. The third-order valence-corrected chi connectivity index (χ3v) is 3.76. The zero-order valence-electron chi connectivity index (χ0n) is 12.8. The summed E-state index contributed by atoms with van der Waals surface area (Å²) in [6.45, 7) is 5.64. The number of nitrogens with two attached hydrogens (primary N) is 1. The van der Waals surface area contributed by atoms with Gasteiger partial charge in [0.05, 0.1) is 5.56 Å². The van der Waals surface area contributed by atoms with Crippen LogP contribution >= 0.6 is 11.6 Å². The number of anilines is 1. The molecule has 1 aromatic heterocycles. The highest BCUT2D eigenvalue weighted by molar-refractivity contribution is 6.30. The van der Waals surface area contributed by atoms with Crippen LogP contribution in [0.25, 0.3) is 11.4 Å². The van der Waals surface area contributed by atoms with Gasteiger partial charge in [-0.15, -0.1) is 0 Å². The van der Waals surface area contributed by atoms with Crippen LogP contribution in [0.5, 0.6) is 5.75 Å². The molecule has 0 aliphatic heterocycles. The Kier molecular flexibility index (Phi) is 5.57. The van der Waals surface area contributed by atoms with E-state index in [1.165, 1.54) is 6.07 Å². The highest BCUT2D eigenvalue weighted by atomic mass is 35.5. The number of likely N-dealkylation sites (N-methyl/N-ethyl adjacent to an activating group) is 1. The smallest absolute Gasteiger partial charge is 0.165 e. The molecule has 0 unspecified atom stereocenters. The van der Waals surface area contributed by atoms with Gasteiger partial charge in [-0.05, 0) is 37.6 Å². The van der Waals surface area contributed by atoms with E-state index in [0.29, 0.717) is 16.4 Å². The SMILES string of the molecule is CC[C@@H](N)CN(CC)c1ccnc(-c2cc(Cl)ccc2O)n1. The molecule has 0 spiro atoms. The van der Waals surface area contributed by atoms with Crippen molar-refractivity contribution in [1.29, 1.82) is 0 Å². The summed E-state index contributed by atoms with van der Waals surface area (Å²) in [5, 5.41) is 10.5. The number of rotatable bonds is 6. The van der Waals surface area contributed by atoms with Crippen molar-refractivity contribution >= 4 is 17.4 Å². The van der Waals surface area contributed by atoms with Gasteiger partial charge in [-0.1, -0.05) is 18.5 Å². The van der Waals surface area contributed by atoms with Crippen LogP contribution in [0.15, 0.2) is 30.5 Å². The van der Waals surface area contributed by atoms with Crippen molar-refractivity contribution < 1.29 is 5.11 Å². The molecule has 2 rings (SSSR count). The summed E-state index contributed by atoms with van der Waals surface area (Å²) in [5.41, 5.74) is 6.56. The molecule has 5 nitrogen and oxygen atoms in total. The van der Waals surface area contributed by atoms with Crippen molar-refractivity contribution in [3.63, 3.8) is 0 Å². The van der Waals surface area contributed by atoms with Crippen LogP contribution in [-0.2, 0) is 0 Å². The van der Waals surface area contributed by atoms with Crippen molar-refractivity contribution in [3.05, 3.63) is 35.5 Å². The second-order valence-corrected chi connectivity index (χ2v) is 5.54. The Bertz CT molecular complexity index is 635. The molecule has 0 saturated carbocycles. The minimum atomic E-state index is 0.0953. The molecule has 0 amide bonds. The Morgan fingerprint density at radius 1 is 1.32 bits per heavy atom. The molecular formula is C16H21ClN4O. The van der Waals surface area contributed by atoms with E-state index in [4.69, 9.17) is 17.3 Å². The quantitative estimate of drug-likeness (QED) is 0.855. The number of halogens is 1. The molecular weight excluding hydrogens is 300 g/mol. The summed E-state index contributed by atoms with van der Waals surface area (Å²) >= 11 is 5.99. The maximum absolute atomic E-state index is 9.99. The number of hydrogen-bond acceptors (Lipinski definition) is 5. The van der Waals surface area contributed by atoms with Crippen molar-refractivity contribution in [2.24, 2.45) is 5.73 Å². The Balaban J connectivity index is 2.35. The lowest BCUT2D eigenvalue weighted by Crippen LogP contribution is -2.37. The first-order valence-electron chi connectivity index (χ1n) is 7.37. The summed E-state index contributed by atoms with van der Waals surface area (Å²) in [4.78, 5) is 10.9. The predicted molar refractivity (Wildman–Crippen MR) is 90.3 cm³/mol. The van der Waals surface area contributed by atoms with Crippen molar-refractivity contribution in [2.45, 2.75) is 26.3 Å².